The van der Waals surface area contributed by atoms with Crippen LogP contribution in [0.4, 0.5) is 20.2 Å². The van der Waals surface area contributed by atoms with Crippen molar-refractivity contribution < 1.29 is 27.8 Å². The highest BCUT2D eigenvalue weighted by Crippen LogP contribution is 2.24. The average molecular weight is 316 g/mol. The number of halogens is 2. The van der Waals surface area contributed by atoms with Gasteiger partial charge in [0.15, 0.2) is 0 Å². The Morgan fingerprint density at radius 2 is 2.27 bits per heavy atom. The normalized spacial score (nSPS) is 21.1. The number of ether oxygens (including phenoxy) is 3. The van der Waals surface area contributed by atoms with E-state index in [1.165, 1.54) is 7.11 Å². The predicted molar refractivity (Wildman–Crippen MR) is 76.2 cm³/mol. The summed E-state index contributed by atoms with van der Waals surface area (Å²) >= 11 is 0. The quantitative estimate of drug-likeness (QED) is 0.611. The molecule has 2 atom stereocenters. The molecule has 2 rings (SSSR count). The number of hydrogen-bond donors (Lipinski definition) is 2. The molecule has 22 heavy (non-hydrogen) atoms. The van der Waals surface area contributed by atoms with Gasteiger partial charge in [0.25, 0.3) is 6.43 Å². The second kappa shape index (κ2) is 7.37. The molecule has 6 nitrogen and oxygen atoms in total. The second-order valence-corrected chi connectivity index (χ2v) is 4.84. The number of nitrogen functional groups attached to an aromatic ring is 1. The van der Waals surface area contributed by atoms with Gasteiger partial charge in [-0.05, 0) is 18.2 Å². The van der Waals surface area contributed by atoms with Crippen LogP contribution in [0.15, 0.2) is 18.2 Å². The van der Waals surface area contributed by atoms with Crippen molar-refractivity contribution in [3.8, 4) is 0 Å². The fourth-order valence-electron chi connectivity index (χ4n) is 2.16. The number of anilines is 2. The summed E-state index contributed by atoms with van der Waals surface area (Å²) in [5, 5.41) is 3.07. The van der Waals surface area contributed by atoms with Crippen molar-refractivity contribution in [3.63, 3.8) is 0 Å². The zero-order valence-electron chi connectivity index (χ0n) is 12.1. The fraction of sp³-hybridized carbons (Fsp3) is 0.500. The number of esters is 1. The molecule has 1 heterocycles. The lowest BCUT2D eigenvalue weighted by Crippen LogP contribution is -2.35. The van der Waals surface area contributed by atoms with Gasteiger partial charge >= 0.3 is 5.97 Å². The number of carbonyl (C=O) groups is 1. The van der Waals surface area contributed by atoms with E-state index < -0.39 is 25.1 Å². The van der Waals surface area contributed by atoms with Crippen molar-refractivity contribution in [2.45, 2.75) is 18.6 Å². The number of alkyl halides is 2. The van der Waals surface area contributed by atoms with Gasteiger partial charge in [-0.2, -0.15) is 0 Å². The molecule has 1 aliphatic rings. The third kappa shape index (κ3) is 4.05. The third-order valence-electron chi connectivity index (χ3n) is 3.28. The SMILES string of the molecule is COC(=O)c1ccc(N)c(NC2COCC2OCC(F)F)c1. The zero-order chi connectivity index (χ0) is 16.1. The molecule has 0 amide bonds. The topological polar surface area (TPSA) is 82.8 Å². The Balaban J connectivity index is 2.07. The average Bonchev–Trinajstić information content (AvgIpc) is 2.93. The molecule has 0 aliphatic carbocycles. The molecule has 3 N–H and O–H groups in total. The van der Waals surface area contributed by atoms with Gasteiger partial charge in [0, 0.05) is 0 Å². The van der Waals surface area contributed by atoms with Gasteiger partial charge < -0.3 is 25.3 Å². The van der Waals surface area contributed by atoms with E-state index >= 15 is 0 Å². The first-order valence-corrected chi connectivity index (χ1v) is 6.73. The molecule has 1 aromatic rings. The Hall–Kier alpha value is -1.93. The summed E-state index contributed by atoms with van der Waals surface area (Å²) in [5.74, 6) is -0.490. The van der Waals surface area contributed by atoms with E-state index in [0.29, 0.717) is 23.5 Å². The summed E-state index contributed by atoms with van der Waals surface area (Å²) < 4.78 is 39.5. The van der Waals surface area contributed by atoms with E-state index in [1.807, 2.05) is 0 Å². The number of rotatable bonds is 6. The standard InChI is InChI=1S/C14H18F2N2O4/c1-20-14(19)8-2-3-9(17)10(4-8)18-11-5-21-6-12(11)22-7-13(15)16/h2-4,11-13,18H,5-7,17H2,1H3. The molecule has 122 valence electrons. The molecule has 1 saturated heterocycles. The largest absolute Gasteiger partial charge is 0.465 e. The van der Waals surface area contributed by atoms with Crippen LogP contribution in [-0.2, 0) is 14.2 Å². The molecular formula is C14H18F2N2O4. The van der Waals surface area contributed by atoms with Crippen LogP contribution in [0, 0.1) is 0 Å². The highest BCUT2D eigenvalue weighted by atomic mass is 19.3. The van der Waals surface area contributed by atoms with Crippen molar-refractivity contribution in [2.75, 3.05) is 38.0 Å². The minimum atomic E-state index is -2.53. The number of nitrogens with two attached hydrogens (primary N) is 1. The van der Waals surface area contributed by atoms with E-state index in [2.05, 4.69) is 10.1 Å². The summed E-state index contributed by atoms with van der Waals surface area (Å²) in [5.41, 5.74) is 7.12. The van der Waals surface area contributed by atoms with E-state index in [0.717, 1.165) is 0 Å². The Morgan fingerprint density at radius 3 is 2.95 bits per heavy atom. The van der Waals surface area contributed by atoms with E-state index in [4.69, 9.17) is 15.2 Å². The van der Waals surface area contributed by atoms with Crippen molar-refractivity contribution in [2.24, 2.45) is 0 Å². The van der Waals surface area contributed by atoms with Crippen molar-refractivity contribution >= 4 is 17.3 Å². The lowest BCUT2D eigenvalue weighted by Gasteiger charge is -2.21. The summed E-state index contributed by atoms with van der Waals surface area (Å²) in [4.78, 5) is 11.5. The van der Waals surface area contributed by atoms with Gasteiger partial charge in [-0.1, -0.05) is 0 Å². The fourth-order valence-corrected chi connectivity index (χ4v) is 2.16. The second-order valence-electron chi connectivity index (χ2n) is 4.84. The molecule has 1 fully saturated rings. The Morgan fingerprint density at radius 1 is 1.50 bits per heavy atom. The molecule has 0 aromatic heterocycles. The third-order valence-corrected chi connectivity index (χ3v) is 3.28. The molecule has 0 saturated carbocycles. The molecule has 1 aromatic carbocycles. The van der Waals surface area contributed by atoms with Crippen molar-refractivity contribution in [1.29, 1.82) is 0 Å². The van der Waals surface area contributed by atoms with Crippen molar-refractivity contribution in [1.82, 2.24) is 0 Å². The Labute approximate surface area is 126 Å². The molecular weight excluding hydrogens is 298 g/mol. The highest BCUT2D eigenvalue weighted by Gasteiger charge is 2.30. The maximum atomic E-state index is 12.2. The first-order chi connectivity index (χ1) is 10.5. The molecule has 0 spiro atoms. The number of nitrogens with one attached hydrogen (secondary N) is 1. The monoisotopic (exact) mass is 316 g/mol. The molecule has 2 unspecified atom stereocenters. The smallest absolute Gasteiger partial charge is 0.337 e. The molecule has 0 radical (unpaired) electrons. The van der Waals surface area contributed by atoms with Gasteiger partial charge in [-0.15, -0.1) is 0 Å². The number of benzene rings is 1. The molecule has 1 aliphatic heterocycles. The Kier molecular flexibility index (Phi) is 5.51. The minimum Gasteiger partial charge on any atom is -0.465 e. The van der Waals surface area contributed by atoms with E-state index in [1.54, 1.807) is 18.2 Å². The molecule has 0 bridgehead atoms. The summed E-state index contributed by atoms with van der Waals surface area (Å²) in [6, 6.07) is 4.33. The minimum absolute atomic E-state index is 0.223. The lowest BCUT2D eigenvalue weighted by atomic mass is 10.1. The van der Waals surface area contributed by atoms with Gasteiger partial charge in [-0.3, -0.25) is 0 Å². The first-order valence-electron chi connectivity index (χ1n) is 6.73. The molecule has 8 heteroatoms. The first kappa shape index (κ1) is 16.4. The van der Waals surface area contributed by atoms with Crippen LogP contribution in [0.3, 0.4) is 0 Å². The van der Waals surface area contributed by atoms with Gasteiger partial charge in [0.1, 0.15) is 12.7 Å². The van der Waals surface area contributed by atoms with E-state index in [9.17, 15) is 13.6 Å². The predicted octanol–water partition coefficient (Wildman–Crippen LogP) is 1.52. The maximum absolute atomic E-state index is 12.2. The van der Waals surface area contributed by atoms with Crippen LogP contribution < -0.4 is 11.1 Å². The van der Waals surface area contributed by atoms with E-state index in [-0.39, 0.29) is 12.6 Å². The van der Waals surface area contributed by atoms with Crippen LogP contribution >= 0.6 is 0 Å². The maximum Gasteiger partial charge on any atom is 0.337 e. The number of methoxy groups -OCH3 is 1. The lowest BCUT2D eigenvalue weighted by molar-refractivity contribution is -0.0281. The summed E-state index contributed by atoms with van der Waals surface area (Å²) in [6.45, 7) is -0.124. The number of hydrogen-bond acceptors (Lipinski definition) is 6. The van der Waals surface area contributed by atoms with Crippen LogP contribution in [0.5, 0.6) is 0 Å². The van der Waals surface area contributed by atoms with Crippen LogP contribution in [0.1, 0.15) is 10.4 Å². The van der Waals surface area contributed by atoms with Gasteiger partial charge in [-0.25, -0.2) is 13.6 Å². The van der Waals surface area contributed by atoms with Gasteiger partial charge in [0.05, 0.1) is 43.3 Å². The summed E-state index contributed by atoms with van der Waals surface area (Å²) in [7, 11) is 1.28. The zero-order valence-corrected chi connectivity index (χ0v) is 12.1. The van der Waals surface area contributed by atoms with Gasteiger partial charge in [0.2, 0.25) is 0 Å². The van der Waals surface area contributed by atoms with Crippen LogP contribution in [0.25, 0.3) is 0 Å². The van der Waals surface area contributed by atoms with Crippen molar-refractivity contribution in [3.05, 3.63) is 23.8 Å². The summed E-state index contributed by atoms with van der Waals surface area (Å²) in [6.07, 6.45) is -3.04. The van der Waals surface area contributed by atoms with Crippen LogP contribution in [0.2, 0.25) is 0 Å². The highest BCUT2D eigenvalue weighted by molar-refractivity contribution is 5.92. The number of carbonyl (C=O) groups excluding carboxylic acids is 1. The Bertz CT molecular complexity index is 528. The van der Waals surface area contributed by atoms with Crippen LogP contribution in [-0.4, -0.2) is 51.5 Å².